The largest absolute Gasteiger partial charge is 0.335 e. The molecule has 29 valence electrons. The van der Waals surface area contributed by atoms with Crippen LogP contribution in [0.15, 0.2) is 0 Å². The van der Waals surface area contributed by atoms with Crippen LogP contribution in [0.5, 0.6) is 0 Å². The van der Waals surface area contributed by atoms with Gasteiger partial charge in [0.2, 0.25) is 0 Å². The summed E-state index contributed by atoms with van der Waals surface area (Å²) in [7, 11) is -4.39. The molecule has 0 saturated carbocycles. The van der Waals surface area contributed by atoms with Crippen molar-refractivity contribution in [2.24, 2.45) is 0 Å². The first kappa shape index (κ1) is 5.15. The van der Waals surface area contributed by atoms with Gasteiger partial charge in [0.25, 0.3) is 0 Å². The highest BCUT2D eigenvalue weighted by atomic mass is 31.2. The van der Waals surface area contributed by atoms with E-state index in [0.717, 1.165) is 0 Å². The first-order valence-corrected chi connectivity index (χ1v) is 2.42. The van der Waals surface area contributed by atoms with Crippen molar-refractivity contribution in [2.75, 3.05) is 0 Å². The van der Waals surface area contributed by atoms with Gasteiger partial charge in [-0.15, -0.1) is 0 Å². The van der Waals surface area contributed by atoms with Crippen molar-refractivity contribution in [1.82, 2.24) is 0 Å². The Morgan fingerprint density at radius 2 is 1.60 bits per heavy atom. The van der Waals surface area contributed by atoms with Crippen LogP contribution in [0.4, 0.5) is 0 Å². The maximum Gasteiger partial charge on any atom is 0.335 e. The third-order valence-electron chi connectivity index (χ3n) is 0. The predicted octanol–water partition coefficient (Wildman–Crippen LogP) is -0.290. The summed E-state index contributed by atoms with van der Waals surface area (Å²) in [6.07, 6.45) is 0. The average Bonchev–Trinajstić information content (AvgIpc) is 0.722. The van der Waals surface area contributed by atoms with E-state index in [1.807, 2.05) is 0 Å². The Balaban J connectivity index is 3.47. The Morgan fingerprint density at radius 1 is 1.60 bits per heavy atom. The standard InChI is InChI=1S/CH2O3P/c1-5(2,3)4/h(H2,2,3,4). The van der Waals surface area contributed by atoms with Gasteiger partial charge in [-0.2, -0.15) is 0 Å². The fraction of sp³-hybridized carbons (Fsp3) is 0. The Hall–Kier alpha value is 0.150. The lowest BCUT2D eigenvalue weighted by Gasteiger charge is -1.82. The van der Waals surface area contributed by atoms with Crippen molar-refractivity contribution < 1.29 is 14.4 Å². The van der Waals surface area contributed by atoms with Gasteiger partial charge in [0, 0.05) is 0 Å². The topological polar surface area (TPSA) is 57.5 Å². The summed E-state index contributed by atoms with van der Waals surface area (Å²) in [4.78, 5) is 14.6. The van der Waals surface area contributed by atoms with Crippen LogP contribution in [0.2, 0.25) is 0 Å². The lowest BCUT2D eigenvalue weighted by Crippen LogP contribution is -1.60. The minimum Gasteiger partial charge on any atom is -0.324 e. The molecular weight excluding hydrogens is 91.0 g/mol. The zero-order chi connectivity index (χ0) is 4.50. The van der Waals surface area contributed by atoms with Gasteiger partial charge in [-0.25, -0.2) is 0 Å². The molecule has 0 saturated heterocycles. The summed E-state index contributed by atoms with van der Waals surface area (Å²) in [6.45, 7) is 5.60. The van der Waals surface area contributed by atoms with Crippen LogP contribution in [0, 0.1) is 6.66 Å². The number of hydrogen-bond acceptors (Lipinski definition) is 1. The summed E-state index contributed by atoms with van der Waals surface area (Å²) in [5, 5.41) is 0. The minimum atomic E-state index is -4.39. The van der Waals surface area contributed by atoms with Gasteiger partial charge in [-0.05, 0) is 0 Å². The summed E-state index contributed by atoms with van der Waals surface area (Å²) in [6, 6.07) is 0. The molecule has 0 aliphatic rings. The lowest BCUT2D eigenvalue weighted by molar-refractivity contribution is 0.385. The molecule has 0 amide bonds. The van der Waals surface area contributed by atoms with E-state index in [1.54, 1.807) is 0 Å². The monoisotopic (exact) mass is 93.0 g/mol. The van der Waals surface area contributed by atoms with E-state index >= 15 is 0 Å². The second-order valence-electron chi connectivity index (χ2n) is 0.544. The van der Waals surface area contributed by atoms with E-state index < -0.39 is 7.60 Å². The quantitative estimate of drug-likeness (QED) is 0.404. The van der Waals surface area contributed by atoms with Crippen molar-refractivity contribution in [3.63, 3.8) is 0 Å². The van der Waals surface area contributed by atoms with Crippen LogP contribution in [0.25, 0.3) is 0 Å². The molecule has 0 atom stereocenters. The van der Waals surface area contributed by atoms with Crippen LogP contribution in [0.3, 0.4) is 0 Å². The van der Waals surface area contributed by atoms with E-state index in [4.69, 9.17) is 21.0 Å². The minimum absolute atomic E-state index is 4.39. The van der Waals surface area contributed by atoms with Gasteiger partial charge in [0.1, 0.15) is 6.66 Å². The van der Waals surface area contributed by atoms with Gasteiger partial charge in [-0.3, -0.25) is 4.57 Å². The Bertz CT molecular complexity index is 53.0. The van der Waals surface area contributed by atoms with Crippen molar-refractivity contribution in [3.05, 3.63) is 6.66 Å². The third kappa shape index (κ3) is 853. The molecule has 3 nitrogen and oxygen atoms in total. The molecule has 0 spiro atoms. The highest BCUT2D eigenvalue weighted by Crippen LogP contribution is 2.30. The normalized spacial score (nSPS) is 11.8. The van der Waals surface area contributed by atoms with Gasteiger partial charge in [-0.1, -0.05) is 0 Å². The van der Waals surface area contributed by atoms with Gasteiger partial charge >= 0.3 is 7.60 Å². The molecule has 2 N–H and O–H groups in total. The molecule has 0 heterocycles. The van der Waals surface area contributed by atoms with Crippen LogP contribution >= 0.6 is 7.60 Å². The number of rotatable bonds is 0. The molecule has 0 unspecified atom stereocenters. The fourth-order valence-corrected chi connectivity index (χ4v) is 0. The average molecular weight is 93.0 g/mol. The maximum absolute atomic E-state index is 8.99. The maximum atomic E-state index is 8.99. The van der Waals surface area contributed by atoms with Crippen LogP contribution < -0.4 is 0 Å². The zero-order valence-electron chi connectivity index (χ0n) is 2.25. The second-order valence-corrected chi connectivity index (χ2v) is 1.63. The molecule has 0 aromatic heterocycles. The van der Waals surface area contributed by atoms with Crippen LogP contribution in [-0.4, -0.2) is 9.79 Å². The first-order valence-electron chi connectivity index (χ1n) is 0.806. The van der Waals surface area contributed by atoms with Gasteiger partial charge < -0.3 is 9.79 Å². The molecule has 0 fully saturated rings. The summed E-state index contributed by atoms with van der Waals surface area (Å²) in [5.41, 5.74) is 0. The van der Waals surface area contributed by atoms with E-state index in [1.165, 1.54) is 0 Å². The van der Waals surface area contributed by atoms with Crippen molar-refractivity contribution in [3.8, 4) is 0 Å². The highest BCUT2D eigenvalue weighted by Gasteiger charge is 1.97. The molecular formula is CH2O3P. The molecule has 0 aliphatic heterocycles. The van der Waals surface area contributed by atoms with E-state index in [9.17, 15) is 0 Å². The van der Waals surface area contributed by atoms with Gasteiger partial charge in [0.15, 0.2) is 0 Å². The molecule has 3 radical (unpaired) electrons. The Kier molecular flexibility index (Phi) is 1.12. The van der Waals surface area contributed by atoms with E-state index in [2.05, 4.69) is 0 Å². The Morgan fingerprint density at radius 3 is 1.60 bits per heavy atom. The first-order chi connectivity index (χ1) is 2.00. The van der Waals surface area contributed by atoms with Crippen molar-refractivity contribution in [2.45, 2.75) is 0 Å². The Labute approximate surface area is 29.8 Å². The second kappa shape index (κ2) is 1.09. The van der Waals surface area contributed by atoms with Gasteiger partial charge in [0.05, 0.1) is 0 Å². The molecule has 0 aromatic carbocycles. The predicted molar refractivity (Wildman–Crippen MR) is 15.3 cm³/mol. The number of hydrogen-bond donors (Lipinski definition) is 2. The van der Waals surface area contributed by atoms with Crippen molar-refractivity contribution in [1.29, 1.82) is 0 Å². The zero-order valence-corrected chi connectivity index (χ0v) is 3.14. The summed E-state index contributed by atoms with van der Waals surface area (Å²) < 4.78 is 8.99. The molecule has 0 rings (SSSR count). The summed E-state index contributed by atoms with van der Waals surface area (Å²) in [5.74, 6) is 0. The van der Waals surface area contributed by atoms with Crippen LogP contribution in [-0.2, 0) is 4.57 Å². The molecule has 0 aliphatic carbocycles. The lowest BCUT2D eigenvalue weighted by atomic mass is 12.0. The molecule has 0 aromatic rings. The highest BCUT2D eigenvalue weighted by molar-refractivity contribution is 7.53. The van der Waals surface area contributed by atoms with E-state index in [0.29, 0.717) is 0 Å². The smallest absolute Gasteiger partial charge is 0.324 e. The molecule has 5 heavy (non-hydrogen) atoms. The van der Waals surface area contributed by atoms with Crippen molar-refractivity contribution >= 4 is 7.60 Å². The SMILES string of the molecule is [C]P(=O)(O)O. The van der Waals surface area contributed by atoms with Crippen LogP contribution in [0.1, 0.15) is 0 Å². The third-order valence-corrected chi connectivity index (χ3v) is 0. The molecule has 0 bridgehead atoms. The molecule has 4 heteroatoms. The summed E-state index contributed by atoms with van der Waals surface area (Å²) >= 11 is 0. The fourth-order valence-electron chi connectivity index (χ4n) is 0. The van der Waals surface area contributed by atoms with E-state index in [-0.39, 0.29) is 0 Å².